The van der Waals surface area contributed by atoms with E-state index >= 15 is 0 Å². The minimum atomic E-state index is 0.0451. The Hall–Kier alpha value is -0.240. The first-order valence-corrected chi connectivity index (χ1v) is 6.38. The standard InChI is InChI=1S/C13H17Cl2N/c1-13(2)4-3-9-10(12(16)7-13)5-8(14)6-11(9)15/h5-6,12H,3-4,7,16H2,1-2H3. The van der Waals surface area contributed by atoms with Crippen LogP contribution in [0.15, 0.2) is 12.1 Å². The van der Waals surface area contributed by atoms with Crippen LogP contribution in [0, 0.1) is 5.41 Å². The number of fused-ring (bicyclic) bond motifs is 1. The number of rotatable bonds is 0. The Labute approximate surface area is 107 Å². The van der Waals surface area contributed by atoms with Gasteiger partial charge in [-0.1, -0.05) is 37.0 Å². The van der Waals surface area contributed by atoms with Crippen molar-refractivity contribution in [1.82, 2.24) is 0 Å². The zero-order valence-corrected chi connectivity index (χ0v) is 11.2. The van der Waals surface area contributed by atoms with Crippen molar-refractivity contribution in [3.63, 3.8) is 0 Å². The lowest BCUT2D eigenvalue weighted by Gasteiger charge is -2.24. The Morgan fingerprint density at radius 2 is 2.00 bits per heavy atom. The second-order valence-corrected chi connectivity index (χ2v) is 6.27. The van der Waals surface area contributed by atoms with Gasteiger partial charge in [-0.05, 0) is 47.9 Å². The van der Waals surface area contributed by atoms with Gasteiger partial charge in [-0.25, -0.2) is 0 Å². The Balaban J connectivity index is 2.49. The molecular weight excluding hydrogens is 241 g/mol. The molecule has 0 aliphatic heterocycles. The highest BCUT2D eigenvalue weighted by Crippen LogP contribution is 2.41. The molecule has 0 heterocycles. The molecule has 0 spiro atoms. The van der Waals surface area contributed by atoms with Crippen molar-refractivity contribution < 1.29 is 0 Å². The summed E-state index contributed by atoms with van der Waals surface area (Å²) in [4.78, 5) is 0. The first-order valence-electron chi connectivity index (χ1n) is 5.62. The summed E-state index contributed by atoms with van der Waals surface area (Å²) in [5, 5.41) is 1.44. The summed E-state index contributed by atoms with van der Waals surface area (Å²) in [5.41, 5.74) is 8.83. The van der Waals surface area contributed by atoms with E-state index in [9.17, 15) is 0 Å². The molecule has 0 bridgehead atoms. The summed E-state index contributed by atoms with van der Waals surface area (Å²) in [5.74, 6) is 0. The van der Waals surface area contributed by atoms with Gasteiger partial charge in [0.15, 0.2) is 0 Å². The van der Waals surface area contributed by atoms with E-state index in [0.29, 0.717) is 5.02 Å². The highest BCUT2D eigenvalue weighted by molar-refractivity contribution is 6.35. The van der Waals surface area contributed by atoms with Crippen LogP contribution in [0.1, 0.15) is 43.9 Å². The molecule has 1 aromatic rings. The molecule has 1 aliphatic rings. The second-order valence-electron chi connectivity index (χ2n) is 5.43. The van der Waals surface area contributed by atoms with E-state index in [1.54, 1.807) is 0 Å². The van der Waals surface area contributed by atoms with E-state index in [4.69, 9.17) is 28.9 Å². The average molecular weight is 258 g/mol. The van der Waals surface area contributed by atoms with Gasteiger partial charge in [0.2, 0.25) is 0 Å². The Morgan fingerprint density at radius 1 is 1.31 bits per heavy atom. The van der Waals surface area contributed by atoms with Gasteiger partial charge in [-0.2, -0.15) is 0 Å². The fourth-order valence-electron chi connectivity index (χ4n) is 2.49. The number of benzene rings is 1. The van der Waals surface area contributed by atoms with Gasteiger partial charge in [0.25, 0.3) is 0 Å². The monoisotopic (exact) mass is 257 g/mol. The normalized spacial score (nSPS) is 23.7. The number of hydrogen-bond donors (Lipinski definition) is 1. The molecule has 1 atom stereocenters. The van der Waals surface area contributed by atoms with Gasteiger partial charge in [0.05, 0.1) is 0 Å². The van der Waals surface area contributed by atoms with Crippen molar-refractivity contribution in [2.75, 3.05) is 0 Å². The minimum Gasteiger partial charge on any atom is -0.324 e. The maximum absolute atomic E-state index is 6.24. The van der Waals surface area contributed by atoms with Crippen molar-refractivity contribution in [2.24, 2.45) is 11.1 Å². The maximum Gasteiger partial charge on any atom is 0.0456 e. The molecule has 1 nitrogen and oxygen atoms in total. The van der Waals surface area contributed by atoms with Gasteiger partial charge in [-0.15, -0.1) is 0 Å². The van der Waals surface area contributed by atoms with Crippen LogP contribution in [0.25, 0.3) is 0 Å². The van der Waals surface area contributed by atoms with E-state index in [1.807, 2.05) is 12.1 Å². The average Bonchev–Trinajstić information content (AvgIpc) is 2.23. The van der Waals surface area contributed by atoms with E-state index in [2.05, 4.69) is 13.8 Å². The topological polar surface area (TPSA) is 26.0 Å². The molecule has 2 N–H and O–H groups in total. The second kappa shape index (κ2) is 4.21. The van der Waals surface area contributed by atoms with Crippen LogP contribution in [0.3, 0.4) is 0 Å². The lowest BCUT2D eigenvalue weighted by atomic mass is 9.83. The van der Waals surface area contributed by atoms with E-state index < -0.39 is 0 Å². The smallest absolute Gasteiger partial charge is 0.0456 e. The summed E-state index contributed by atoms with van der Waals surface area (Å²) in [6.45, 7) is 4.52. The summed E-state index contributed by atoms with van der Waals surface area (Å²) in [7, 11) is 0. The fraction of sp³-hybridized carbons (Fsp3) is 0.538. The van der Waals surface area contributed by atoms with E-state index in [0.717, 1.165) is 29.8 Å². The SMILES string of the molecule is CC1(C)CCc2c(Cl)cc(Cl)cc2C(N)C1. The molecule has 0 saturated carbocycles. The zero-order chi connectivity index (χ0) is 11.9. The van der Waals surface area contributed by atoms with Gasteiger partial charge >= 0.3 is 0 Å². The van der Waals surface area contributed by atoms with Gasteiger partial charge in [0.1, 0.15) is 0 Å². The molecule has 0 amide bonds. The van der Waals surface area contributed by atoms with Gasteiger partial charge in [0, 0.05) is 16.1 Å². The van der Waals surface area contributed by atoms with Crippen LogP contribution in [-0.4, -0.2) is 0 Å². The highest BCUT2D eigenvalue weighted by atomic mass is 35.5. The third-order valence-corrected chi connectivity index (χ3v) is 3.97. The van der Waals surface area contributed by atoms with Crippen LogP contribution < -0.4 is 5.73 Å². The van der Waals surface area contributed by atoms with Crippen molar-refractivity contribution in [3.8, 4) is 0 Å². The van der Waals surface area contributed by atoms with Crippen LogP contribution in [0.2, 0.25) is 10.0 Å². The van der Waals surface area contributed by atoms with Crippen molar-refractivity contribution in [2.45, 2.75) is 39.2 Å². The molecular formula is C13H17Cl2N. The number of hydrogen-bond acceptors (Lipinski definition) is 1. The summed E-state index contributed by atoms with van der Waals surface area (Å²) < 4.78 is 0. The summed E-state index contributed by atoms with van der Waals surface area (Å²) >= 11 is 12.3. The molecule has 16 heavy (non-hydrogen) atoms. The fourth-order valence-corrected chi connectivity index (χ4v) is 3.09. The van der Waals surface area contributed by atoms with Crippen molar-refractivity contribution in [1.29, 1.82) is 0 Å². The zero-order valence-electron chi connectivity index (χ0n) is 9.69. The molecule has 1 aromatic carbocycles. The Morgan fingerprint density at radius 3 is 2.69 bits per heavy atom. The molecule has 0 saturated heterocycles. The largest absolute Gasteiger partial charge is 0.324 e. The molecule has 1 unspecified atom stereocenters. The third kappa shape index (κ3) is 2.37. The van der Waals surface area contributed by atoms with Crippen LogP contribution in [0.4, 0.5) is 0 Å². The summed E-state index contributed by atoms with van der Waals surface area (Å²) in [6.07, 6.45) is 3.09. The predicted octanol–water partition coefficient (Wildman–Crippen LogP) is 4.36. The van der Waals surface area contributed by atoms with E-state index in [-0.39, 0.29) is 11.5 Å². The first-order chi connectivity index (χ1) is 7.39. The van der Waals surface area contributed by atoms with Crippen molar-refractivity contribution >= 4 is 23.2 Å². The van der Waals surface area contributed by atoms with Crippen molar-refractivity contribution in [3.05, 3.63) is 33.3 Å². The minimum absolute atomic E-state index is 0.0451. The third-order valence-electron chi connectivity index (χ3n) is 3.42. The molecule has 88 valence electrons. The molecule has 0 fully saturated rings. The number of nitrogens with two attached hydrogens (primary N) is 1. The van der Waals surface area contributed by atoms with E-state index in [1.165, 1.54) is 5.56 Å². The molecule has 0 radical (unpaired) electrons. The molecule has 2 rings (SSSR count). The van der Waals surface area contributed by atoms with Gasteiger partial charge in [-0.3, -0.25) is 0 Å². The lowest BCUT2D eigenvalue weighted by molar-refractivity contribution is 0.294. The Bertz CT molecular complexity index is 413. The van der Waals surface area contributed by atoms with Crippen LogP contribution >= 0.6 is 23.2 Å². The lowest BCUT2D eigenvalue weighted by Crippen LogP contribution is -2.19. The number of halogens is 2. The molecule has 3 heteroatoms. The quantitative estimate of drug-likeness (QED) is 0.687. The first kappa shape index (κ1) is 12.2. The Kier molecular flexibility index (Phi) is 3.22. The summed E-state index contributed by atoms with van der Waals surface area (Å²) in [6, 6.07) is 3.82. The predicted molar refractivity (Wildman–Crippen MR) is 70.1 cm³/mol. The molecule has 1 aliphatic carbocycles. The highest BCUT2D eigenvalue weighted by Gasteiger charge is 2.28. The van der Waals surface area contributed by atoms with Gasteiger partial charge < -0.3 is 5.73 Å². The molecule has 0 aromatic heterocycles. The van der Waals surface area contributed by atoms with Crippen LogP contribution in [-0.2, 0) is 6.42 Å². The maximum atomic E-state index is 6.24. The van der Waals surface area contributed by atoms with Crippen LogP contribution in [0.5, 0.6) is 0 Å².